The number of nitrogens with one attached hydrogen (secondary N) is 1. The van der Waals surface area contributed by atoms with Crippen LogP contribution in [0.25, 0.3) is 0 Å². The summed E-state index contributed by atoms with van der Waals surface area (Å²) in [5, 5.41) is 2.86. The standard InChI is InChI=1S/C20H26N2O4S.ClH/c1-27(24,25)19-13-11-18(12-14-19)26-17-9-7-16(8-10-17)22-20(23)6-4-2-3-5-15-21;/h7-14H,2-6,15,21H2,1H3,(H,22,23);1H. The fourth-order valence-corrected chi connectivity index (χ4v) is 3.13. The second-order valence-electron chi connectivity index (χ2n) is 6.37. The molecule has 0 unspecified atom stereocenters. The van der Waals surface area contributed by atoms with E-state index in [0.29, 0.717) is 30.2 Å². The van der Waals surface area contributed by atoms with Gasteiger partial charge in [-0.3, -0.25) is 4.79 Å². The van der Waals surface area contributed by atoms with Gasteiger partial charge in [0.1, 0.15) is 11.5 Å². The molecule has 2 aromatic rings. The number of sulfone groups is 1. The van der Waals surface area contributed by atoms with E-state index in [0.717, 1.165) is 31.9 Å². The van der Waals surface area contributed by atoms with Gasteiger partial charge in [-0.15, -0.1) is 12.4 Å². The van der Waals surface area contributed by atoms with E-state index in [1.807, 2.05) is 0 Å². The zero-order valence-corrected chi connectivity index (χ0v) is 17.5. The van der Waals surface area contributed by atoms with Crippen LogP contribution in [0.4, 0.5) is 5.69 Å². The molecule has 6 nitrogen and oxygen atoms in total. The molecule has 3 N–H and O–H groups in total. The molecule has 8 heteroatoms. The van der Waals surface area contributed by atoms with Crippen LogP contribution in [-0.4, -0.2) is 27.1 Å². The van der Waals surface area contributed by atoms with E-state index >= 15 is 0 Å². The molecule has 0 aliphatic heterocycles. The summed E-state index contributed by atoms with van der Waals surface area (Å²) in [5.74, 6) is 1.13. The molecule has 2 aromatic carbocycles. The van der Waals surface area contributed by atoms with Gasteiger partial charge in [-0.25, -0.2) is 8.42 Å². The molecule has 0 heterocycles. The third kappa shape index (κ3) is 8.29. The van der Waals surface area contributed by atoms with Crippen molar-refractivity contribution in [2.45, 2.75) is 37.0 Å². The van der Waals surface area contributed by atoms with Crippen molar-refractivity contribution in [3.05, 3.63) is 48.5 Å². The topological polar surface area (TPSA) is 98.5 Å². The van der Waals surface area contributed by atoms with Crippen LogP contribution in [0.15, 0.2) is 53.4 Å². The predicted molar refractivity (Wildman–Crippen MR) is 114 cm³/mol. The minimum atomic E-state index is -3.22. The number of hydrogen-bond acceptors (Lipinski definition) is 5. The largest absolute Gasteiger partial charge is 0.457 e. The summed E-state index contributed by atoms with van der Waals surface area (Å²) in [6, 6.07) is 13.3. The Kier molecular flexibility index (Phi) is 9.99. The summed E-state index contributed by atoms with van der Waals surface area (Å²) in [6.07, 6.45) is 5.58. The first-order valence-corrected chi connectivity index (χ1v) is 10.9. The number of rotatable bonds is 10. The molecular formula is C20H27ClN2O4S. The third-order valence-electron chi connectivity index (χ3n) is 3.98. The molecule has 2 rings (SSSR count). The summed E-state index contributed by atoms with van der Waals surface area (Å²) < 4.78 is 28.6. The number of carbonyl (C=O) groups excluding carboxylic acids is 1. The molecule has 0 saturated carbocycles. The van der Waals surface area contributed by atoms with Gasteiger partial charge in [-0.2, -0.15) is 0 Å². The first-order valence-electron chi connectivity index (χ1n) is 8.96. The first-order chi connectivity index (χ1) is 12.9. The molecule has 0 atom stereocenters. The monoisotopic (exact) mass is 426 g/mol. The van der Waals surface area contributed by atoms with E-state index < -0.39 is 9.84 Å². The Morgan fingerprint density at radius 2 is 1.46 bits per heavy atom. The van der Waals surface area contributed by atoms with E-state index in [4.69, 9.17) is 10.5 Å². The number of amides is 1. The zero-order valence-electron chi connectivity index (χ0n) is 15.9. The number of benzene rings is 2. The van der Waals surface area contributed by atoms with Crippen LogP contribution in [0.3, 0.4) is 0 Å². The number of hydrogen-bond donors (Lipinski definition) is 2. The Hall–Kier alpha value is -2.09. The Morgan fingerprint density at radius 3 is 2.00 bits per heavy atom. The summed E-state index contributed by atoms with van der Waals surface area (Å²) in [6.45, 7) is 0.697. The van der Waals surface area contributed by atoms with Crippen molar-refractivity contribution < 1.29 is 17.9 Å². The minimum Gasteiger partial charge on any atom is -0.457 e. The van der Waals surface area contributed by atoms with Gasteiger partial charge in [0, 0.05) is 18.4 Å². The van der Waals surface area contributed by atoms with Crippen LogP contribution in [0, 0.1) is 0 Å². The average molecular weight is 427 g/mol. The van der Waals surface area contributed by atoms with Gasteiger partial charge >= 0.3 is 0 Å². The smallest absolute Gasteiger partial charge is 0.224 e. The van der Waals surface area contributed by atoms with E-state index in [9.17, 15) is 13.2 Å². The van der Waals surface area contributed by atoms with Crippen molar-refractivity contribution >= 4 is 33.8 Å². The van der Waals surface area contributed by atoms with Crippen molar-refractivity contribution in [2.24, 2.45) is 5.73 Å². The van der Waals surface area contributed by atoms with Gasteiger partial charge in [0.15, 0.2) is 9.84 Å². The second kappa shape index (κ2) is 11.7. The van der Waals surface area contributed by atoms with Crippen LogP contribution >= 0.6 is 12.4 Å². The molecule has 0 fully saturated rings. The van der Waals surface area contributed by atoms with Gasteiger partial charge in [0.05, 0.1) is 4.90 Å². The lowest BCUT2D eigenvalue weighted by molar-refractivity contribution is -0.116. The molecular weight excluding hydrogens is 400 g/mol. The van der Waals surface area contributed by atoms with Crippen LogP contribution in [0.1, 0.15) is 32.1 Å². The first kappa shape index (κ1) is 23.9. The van der Waals surface area contributed by atoms with Crippen molar-refractivity contribution in [3.8, 4) is 11.5 Å². The van der Waals surface area contributed by atoms with Gasteiger partial charge in [0.25, 0.3) is 0 Å². The number of anilines is 1. The third-order valence-corrected chi connectivity index (χ3v) is 5.11. The second-order valence-corrected chi connectivity index (χ2v) is 8.39. The Morgan fingerprint density at radius 1 is 0.929 bits per heavy atom. The summed E-state index contributed by atoms with van der Waals surface area (Å²) in [5.41, 5.74) is 6.15. The Bertz CT molecular complexity index is 838. The van der Waals surface area contributed by atoms with Crippen molar-refractivity contribution in [1.82, 2.24) is 0 Å². The predicted octanol–water partition coefficient (Wildman–Crippen LogP) is 4.15. The lowest BCUT2D eigenvalue weighted by atomic mass is 10.1. The number of unbranched alkanes of at least 4 members (excludes halogenated alkanes) is 3. The molecule has 154 valence electrons. The normalized spacial score (nSPS) is 10.8. The molecule has 0 aliphatic rings. The molecule has 1 amide bonds. The fourth-order valence-electron chi connectivity index (χ4n) is 2.50. The highest BCUT2D eigenvalue weighted by atomic mass is 35.5. The maximum Gasteiger partial charge on any atom is 0.224 e. The van der Waals surface area contributed by atoms with Crippen LogP contribution in [0.2, 0.25) is 0 Å². The number of nitrogens with two attached hydrogens (primary N) is 1. The minimum absolute atomic E-state index is 0. The summed E-state index contributed by atoms with van der Waals surface area (Å²) >= 11 is 0. The lowest BCUT2D eigenvalue weighted by Crippen LogP contribution is -2.11. The van der Waals surface area contributed by atoms with E-state index in [1.54, 1.807) is 36.4 Å². The number of ether oxygens (including phenoxy) is 1. The highest BCUT2D eigenvalue weighted by Crippen LogP contribution is 2.24. The van der Waals surface area contributed by atoms with Crippen LogP contribution < -0.4 is 15.8 Å². The van der Waals surface area contributed by atoms with Gasteiger partial charge in [-0.1, -0.05) is 12.8 Å². The molecule has 0 saturated heterocycles. The average Bonchev–Trinajstić information content (AvgIpc) is 2.63. The highest BCUT2D eigenvalue weighted by Gasteiger charge is 2.07. The van der Waals surface area contributed by atoms with E-state index in [1.165, 1.54) is 12.1 Å². The van der Waals surface area contributed by atoms with Crippen LogP contribution in [-0.2, 0) is 14.6 Å². The van der Waals surface area contributed by atoms with E-state index in [2.05, 4.69) is 5.32 Å². The van der Waals surface area contributed by atoms with Gasteiger partial charge < -0.3 is 15.8 Å². The van der Waals surface area contributed by atoms with Gasteiger partial charge in [-0.05, 0) is 67.9 Å². The van der Waals surface area contributed by atoms with E-state index in [-0.39, 0.29) is 23.2 Å². The fraction of sp³-hybridized carbons (Fsp3) is 0.350. The zero-order chi connectivity index (χ0) is 19.7. The highest BCUT2D eigenvalue weighted by molar-refractivity contribution is 7.90. The molecule has 0 aromatic heterocycles. The number of halogens is 1. The maximum atomic E-state index is 11.9. The van der Waals surface area contributed by atoms with Crippen molar-refractivity contribution in [1.29, 1.82) is 0 Å². The maximum absolute atomic E-state index is 11.9. The molecule has 0 bridgehead atoms. The van der Waals surface area contributed by atoms with Crippen LogP contribution in [0.5, 0.6) is 11.5 Å². The summed E-state index contributed by atoms with van der Waals surface area (Å²) in [7, 11) is -3.22. The van der Waals surface area contributed by atoms with Gasteiger partial charge in [0.2, 0.25) is 5.91 Å². The van der Waals surface area contributed by atoms with Crippen molar-refractivity contribution in [3.63, 3.8) is 0 Å². The summed E-state index contributed by atoms with van der Waals surface area (Å²) in [4.78, 5) is 12.2. The molecule has 28 heavy (non-hydrogen) atoms. The Balaban J connectivity index is 0.00000392. The molecule has 0 aliphatic carbocycles. The SMILES string of the molecule is CS(=O)(=O)c1ccc(Oc2ccc(NC(=O)CCCCCCN)cc2)cc1.Cl. The number of carbonyl (C=O) groups is 1. The Labute approximate surface area is 172 Å². The molecule has 0 spiro atoms. The quantitative estimate of drug-likeness (QED) is 0.556. The lowest BCUT2D eigenvalue weighted by Gasteiger charge is -2.09. The van der Waals surface area contributed by atoms with Crippen molar-refractivity contribution in [2.75, 3.05) is 18.1 Å². The molecule has 0 radical (unpaired) electrons.